The van der Waals surface area contributed by atoms with Crippen LogP contribution in [0, 0.1) is 0 Å². The lowest BCUT2D eigenvalue weighted by Crippen LogP contribution is -2.38. The summed E-state index contributed by atoms with van der Waals surface area (Å²) in [4.78, 5) is 11.9. The van der Waals surface area contributed by atoms with Gasteiger partial charge in [-0.05, 0) is 23.3 Å². The number of carbonyl (C=O) groups is 1. The van der Waals surface area contributed by atoms with Crippen molar-refractivity contribution in [2.75, 3.05) is 6.54 Å². The zero-order chi connectivity index (χ0) is 13.0. The molecule has 0 unspecified atom stereocenters. The molecule has 0 aliphatic rings. The third-order valence-corrected chi connectivity index (χ3v) is 2.99. The molecule has 0 saturated carbocycles. The highest BCUT2D eigenvalue weighted by atomic mass is 16.1. The van der Waals surface area contributed by atoms with Crippen LogP contribution in [-0.2, 0) is 11.2 Å². The number of nitrogens with one attached hydrogen (secondary N) is 1. The molecule has 0 radical (unpaired) electrons. The molecule has 0 aliphatic heterocycles. The number of hydrogen-bond acceptors (Lipinski definition) is 2. The summed E-state index contributed by atoms with van der Waals surface area (Å²) < 4.78 is 0. The van der Waals surface area contributed by atoms with E-state index in [2.05, 4.69) is 17.4 Å². The summed E-state index contributed by atoms with van der Waals surface area (Å²) in [6, 6.07) is 14.1. The standard InChI is InChI=1S/C15H18N2O/c1-11(10-16)17-15(18)9-13-7-4-6-12-5-2-3-8-14(12)13/h2-8,11H,9-10,16H2,1H3,(H,17,18)/t11-/m0/s1. The van der Waals surface area contributed by atoms with E-state index in [4.69, 9.17) is 5.73 Å². The number of nitrogens with two attached hydrogens (primary N) is 1. The van der Waals surface area contributed by atoms with Crippen molar-refractivity contribution in [1.82, 2.24) is 5.32 Å². The van der Waals surface area contributed by atoms with Gasteiger partial charge in [-0.3, -0.25) is 4.79 Å². The summed E-state index contributed by atoms with van der Waals surface area (Å²) in [7, 11) is 0. The lowest BCUT2D eigenvalue weighted by Gasteiger charge is -2.12. The Hall–Kier alpha value is -1.87. The number of benzene rings is 2. The van der Waals surface area contributed by atoms with E-state index >= 15 is 0 Å². The Bertz CT molecular complexity index is 546. The van der Waals surface area contributed by atoms with Gasteiger partial charge in [0.15, 0.2) is 0 Å². The van der Waals surface area contributed by atoms with E-state index in [0.717, 1.165) is 16.3 Å². The van der Waals surface area contributed by atoms with Gasteiger partial charge in [-0.1, -0.05) is 42.5 Å². The summed E-state index contributed by atoms with van der Waals surface area (Å²) in [5.41, 5.74) is 6.54. The van der Waals surface area contributed by atoms with E-state index in [0.29, 0.717) is 13.0 Å². The Morgan fingerprint density at radius 2 is 1.94 bits per heavy atom. The van der Waals surface area contributed by atoms with Crippen molar-refractivity contribution in [2.45, 2.75) is 19.4 Å². The second-order valence-corrected chi connectivity index (χ2v) is 4.52. The third-order valence-electron chi connectivity index (χ3n) is 2.99. The summed E-state index contributed by atoms with van der Waals surface area (Å²) in [6.45, 7) is 2.36. The summed E-state index contributed by atoms with van der Waals surface area (Å²) in [5, 5.41) is 5.18. The highest BCUT2D eigenvalue weighted by molar-refractivity contribution is 5.90. The molecule has 0 aromatic heterocycles. The zero-order valence-electron chi connectivity index (χ0n) is 10.5. The molecular formula is C15H18N2O. The SMILES string of the molecule is C[C@@H](CN)NC(=O)Cc1cccc2ccccc12. The third kappa shape index (κ3) is 2.87. The average Bonchev–Trinajstić information content (AvgIpc) is 2.39. The van der Waals surface area contributed by atoms with Crippen LogP contribution >= 0.6 is 0 Å². The first-order chi connectivity index (χ1) is 8.70. The van der Waals surface area contributed by atoms with Crippen molar-refractivity contribution in [3.05, 3.63) is 48.0 Å². The van der Waals surface area contributed by atoms with Crippen LogP contribution in [0.5, 0.6) is 0 Å². The normalized spacial score (nSPS) is 12.3. The molecule has 3 nitrogen and oxygen atoms in total. The molecule has 2 aromatic rings. The molecule has 0 fully saturated rings. The Morgan fingerprint density at radius 3 is 2.72 bits per heavy atom. The largest absolute Gasteiger partial charge is 0.352 e. The van der Waals surface area contributed by atoms with E-state index in [-0.39, 0.29) is 11.9 Å². The minimum Gasteiger partial charge on any atom is -0.352 e. The molecule has 0 bridgehead atoms. The van der Waals surface area contributed by atoms with Gasteiger partial charge in [-0.15, -0.1) is 0 Å². The van der Waals surface area contributed by atoms with Gasteiger partial charge in [0.2, 0.25) is 5.91 Å². The van der Waals surface area contributed by atoms with Crippen molar-refractivity contribution in [2.24, 2.45) is 5.73 Å². The Morgan fingerprint density at radius 1 is 1.22 bits per heavy atom. The lowest BCUT2D eigenvalue weighted by atomic mass is 10.0. The Kier molecular flexibility index (Phi) is 3.95. The fourth-order valence-electron chi connectivity index (χ4n) is 2.00. The molecular weight excluding hydrogens is 224 g/mol. The molecule has 0 saturated heterocycles. The topological polar surface area (TPSA) is 55.1 Å². The van der Waals surface area contributed by atoms with Crippen molar-refractivity contribution >= 4 is 16.7 Å². The number of hydrogen-bond donors (Lipinski definition) is 2. The second kappa shape index (κ2) is 5.65. The number of amides is 1. The van der Waals surface area contributed by atoms with Crippen LogP contribution < -0.4 is 11.1 Å². The second-order valence-electron chi connectivity index (χ2n) is 4.52. The van der Waals surface area contributed by atoms with Crippen molar-refractivity contribution in [1.29, 1.82) is 0 Å². The van der Waals surface area contributed by atoms with Gasteiger partial charge >= 0.3 is 0 Å². The van der Waals surface area contributed by atoms with Gasteiger partial charge in [0.25, 0.3) is 0 Å². The molecule has 2 aromatic carbocycles. The van der Waals surface area contributed by atoms with E-state index in [1.807, 2.05) is 37.3 Å². The van der Waals surface area contributed by atoms with Crippen LogP contribution in [0.1, 0.15) is 12.5 Å². The Balaban J connectivity index is 2.19. The molecule has 0 spiro atoms. The molecule has 18 heavy (non-hydrogen) atoms. The van der Waals surface area contributed by atoms with Gasteiger partial charge < -0.3 is 11.1 Å². The Labute approximate surface area is 107 Å². The highest BCUT2D eigenvalue weighted by Gasteiger charge is 2.08. The molecule has 1 amide bonds. The van der Waals surface area contributed by atoms with Gasteiger partial charge in [-0.25, -0.2) is 0 Å². The van der Waals surface area contributed by atoms with Crippen molar-refractivity contribution in [3.63, 3.8) is 0 Å². The number of carbonyl (C=O) groups excluding carboxylic acids is 1. The van der Waals surface area contributed by atoms with Crippen LogP contribution in [0.15, 0.2) is 42.5 Å². The van der Waals surface area contributed by atoms with Crippen LogP contribution in [-0.4, -0.2) is 18.5 Å². The maximum Gasteiger partial charge on any atom is 0.224 e. The molecule has 0 aliphatic carbocycles. The number of rotatable bonds is 4. The lowest BCUT2D eigenvalue weighted by molar-refractivity contribution is -0.120. The van der Waals surface area contributed by atoms with Crippen LogP contribution in [0.25, 0.3) is 10.8 Å². The van der Waals surface area contributed by atoms with Gasteiger partial charge in [0.1, 0.15) is 0 Å². The van der Waals surface area contributed by atoms with E-state index in [9.17, 15) is 4.79 Å². The molecule has 0 heterocycles. The maximum absolute atomic E-state index is 11.9. The van der Waals surface area contributed by atoms with Crippen LogP contribution in [0.3, 0.4) is 0 Å². The summed E-state index contributed by atoms with van der Waals surface area (Å²) >= 11 is 0. The minimum atomic E-state index is 0.0179. The minimum absolute atomic E-state index is 0.0179. The molecule has 94 valence electrons. The molecule has 3 heteroatoms. The molecule has 1 atom stereocenters. The van der Waals surface area contributed by atoms with Crippen LogP contribution in [0.2, 0.25) is 0 Å². The predicted molar refractivity (Wildman–Crippen MR) is 74.3 cm³/mol. The first-order valence-electron chi connectivity index (χ1n) is 6.17. The smallest absolute Gasteiger partial charge is 0.224 e. The van der Waals surface area contributed by atoms with Crippen molar-refractivity contribution in [3.8, 4) is 0 Å². The monoisotopic (exact) mass is 242 g/mol. The van der Waals surface area contributed by atoms with Gasteiger partial charge in [-0.2, -0.15) is 0 Å². The van der Waals surface area contributed by atoms with E-state index in [1.54, 1.807) is 0 Å². The maximum atomic E-state index is 11.9. The molecule has 3 N–H and O–H groups in total. The number of fused-ring (bicyclic) bond motifs is 1. The van der Waals surface area contributed by atoms with Gasteiger partial charge in [0.05, 0.1) is 6.42 Å². The summed E-state index contributed by atoms with van der Waals surface area (Å²) in [6.07, 6.45) is 0.395. The fourth-order valence-corrected chi connectivity index (χ4v) is 2.00. The average molecular weight is 242 g/mol. The van der Waals surface area contributed by atoms with Crippen molar-refractivity contribution < 1.29 is 4.79 Å². The van der Waals surface area contributed by atoms with E-state index in [1.165, 1.54) is 0 Å². The quantitative estimate of drug-likeness (QED) is 0.859. The molecule has 2 rings (SSSR count). The first-order valence-corrected chi connectivity index (χ1v) is 6.17. The van der Waals surface area contributed by atoms with Crippen LogP contribution in [0.4, 0.5) is 0 Å². The summed E-state index contributed by atoms with van der Waals surface area (Å²) in [5.74, 6) is 0.0179. The highest BCUT2D eigenvalue weighted by Crippen LogP contribution is 2.18. The zero-order valence-corrected chi connectivity index (χ0v) is 10.5. The fraction of sp³-hybridized carbons (Fsp3) is 0.267. The predicted octanol–water partition coefficient (Wildman–Crippen LogP) is 1.85. The van der Waals surface area contributed by atoms with E-state index < -0.39 is 0 Å². The van der Waals surface area contributed by atoms with Gasteiger partial charge in [0, 0.05) is 12.6 Å². The first kappa shape index (κ1) is 12.6.